The van der Waals surface area contributed by atoms with E-state index in [1.165, 1.54) is 16.7 Å². The Morgan fingerprint density at radius 2 is 1.86 bits per heavy atom. The number of aryl methyl sites for hydroxylation is 2. The molecule has 1 saturated heterocycles. The van der Waals surface area contributed by atoms with Gasteiger partial charge in [-0.2, -0.15) is 0 Å². The van der Waals surface area contributed by atoms with Crippen LogP contribution in [-0.4, -0.2) is 33.9 Å². The zero-order valence-electron chi connectivity index (χ0n) is 17.2. The zero-order chi connectivity index (χ0) is 20.4. The molecule has 1 aliphatic heterocycles. The lowest BCUT2D eigenvalue weighted by atomic mass is 9.94. The van der Waals surface area contributed by atoms with Gasteiger partial charge in [0.2, 0.25) is 5.91 Å². The summed E-state index contributed by atoms with van der Waals surface area (Å²) >= 11 is 0. The van der Waals surface area contributed by atoms with Crippen LogP contribution in [-0.2, 0) is 4.79 Å². The minimum Gasteiger partial charge on any atom is -0.370 e. The lowest BCUT2D eigenvalue weighted by Crippen LogP contribution is -2.41. The fourth-order valence-electron chi connectivity index (χ4n) is 4.14. The van der Waals surface area contributed by atoms with Crippen LogP contribution in [0.3, 0.4) is 0 Å². The van der Waals surface area contributed by atoms with Crippen molar-refractivity contribution in [2.24, 2.45) is 5.92 Å². The number of hydrogen-bond donors (Lipinski definition) is 1. The monoisotopic (exact) mass is 389 g/mol. The number of piperidine rings is 1. The first-order valence-electron chi connectivity index (χ1n) is 10.2. The van der Waals surface area contributed by atoms with Crippen LogP contribution in [0.5, 0.6) is 0 Å². The largest absolute Gasteiger partial charge is 0.370 e. The van der Waals surface area contributed by atoms with Crippen molar-refractivity contribution in [2.45, 2.75) is 39.7 Å². The van der Waals surface area contributed by atoms with Crippen molar-refractivity contribution in [3.8, 4) is 0 Å². The summed E-state index contributed by atoms with van der Waals surface area (Å²) in [7, 11) is 0. The molecule has 1 aliphatic rings. The number of nitrogens with one attached hydrogen (secondary N) is 1. The second-order valence-electron chi connectivity index (χ2n) is 7.94. The molecule has 6 nitrogen and oxygen atoms in total. The third-order valence-corrected chi connectivity index (χ3v) is 5.79. The highest BCUT2D eigenvalue weighted by molar-refractivity contribution is 5.79. The molecule has 0 bridgehead atoms. The quantitative estimate of drug-likeness (QED) is 0.736. The van der Waals surface area contributed by atoms with Crippen LogP contribution in [0.2, 0.25) is 0 Å². The molecule has 3 heterocycles. The minimum absolute atomic E-state index is 0.0180. The van der Waals surface area contributed by atoms with Crippen LogP contribution in [0, 0.1) is 19.8 Å². The van der Waals surface area contributed by atoms with Gasteiger partial charge in [-0.3, -0.25) is 9.78 Å². The SMILES string of the molecule is Cc1ccc([C@H](C)NC(=O)C2CCN(c3cnc4nccnc4c3)CC2)c(C)c1. The third-order valence-electron chi connectivity index (χ3n) is 5.79. The number of fused-ring (bicyclic) bond motifs is 1. The lowest BCUT2D eigenvalue weighted by molar-refractivity contribution is -0.126. The molecule has 2 aromatic heterocycles. The molecule has 29 heavy (non-hydrogen) atoms. The molecule has 4 rings (SSSR count). The number of hydrogen-bond acceptors (Lipinski definition) is 5. The molecule has 0 saturated carbocycles. The van der Waals surface area contributed by atoms with E-state index in [4.69, 9.17) is 0 Å². The van der Waals surface area contributed by atoms with Crippen molar-refractivity contribution < 1.29 is 4.79 Å². The average Bonchev–Trinajstić information content (AvgIpc) is 2.73. The standard InChI is InChI=1S/C23H27N5O/c1-15-4-5-20(16(2)12-15)17(3)27-23(29)18-6-10-28(11-7-18)19-13-21-22(26-14-19)25-9-8-24-21/h4-5,8-9,12-14,17-18H,6-7,10-11H2,1-3H3,(H,27,29)/t17-/m0/s1. The molecule has 0 radical (unpaired) electrons. The number of pyridine rings is 1. The third kappa shape index (κ3) is 4.21. The van der Waals surface area contributed by atoms with E-state index in [9.17, 15) is 4.79 Å². The van der Waals surface area contributed by atoms with Gasteiger partial charge in [-0.05, 0) is 50.8 Å². The Balaban J connectivity index is 1.36. The first-order chi connectivity index (χ1) is 14.0. The average molecular weight is 390 g/mol. The van der Waals surface area contributed by atoms with Crippen LogP contribution in [0.15, 0.2) is 42.9 Å². The van der Waals surface area contributed by atoms with Gasteiger partial charge in [0.1, 0.15) is 5.52 Å². The Hall–Kier alpha value is -3.02. The van der Waals surface area contributed by atoms with Gasteiger partial charge in [0.25, 0.3) is 0 Å². The van der Waals surface area contributed by atoms with Gasteiger partial charge in [0, 0.05) is 31.4 Å². The Bertz CT molecular complexity index is 1030. The van der Waals surface area contributed by atoms with Crippen molar-refractivity contribution in [1.29, 1.82) is 0 Å². The van der Waals surface area contributed by atoms with Gasteiger partial charge < -0.3 is 10.2 Å². The van der Waals surface area contributed by atoms with Crippen molar-refractivity contribution in [2.75, 3.05) is 18.0 Å². The summed E-state index contributed by atoms with van der Waals surface area (Å²) in [4.78, 5) is 28.1. The maximum atomic E-state index is 12.8. The van der Waals surface area contributed by atoms with E-state index < -0.39 is 0 Å². The van der Waals surface area contributed by atoms with E-state index in [-0.39, 0.29) is 17.9 Å². The van der Waals surface area contributed by atoms with Crippen molar-refractivity contribution in [3.63, 3.8) is 0 Å². The van der Waals surface area contributed by atoms with Gasteiger partial charge in [-0.25, -0.2) is 9.97 Å². The van der Waals surface area contributed by atoms with Gasteiger partial charge in [0.15, 0.2) is 5.65 Å². The summed E-state index contributed by atoms with van der Waals surface area (Å²) in [6, 6.07) is 8.43. The summed E-state index contributed by atoms with van der Waals surface area (Å²) in [5, 5.41) is 3.22. The molecule has 1 aromatic carbocycles. The van der Waals surface area contributed by atoms with E-state index in [0.717, 1.165) is 37.1 Å². The molecular weight excluding hydrogens is 362 g/mol. The van der Waals surface area contributed by atoms with Crippen molar-refractivity contribution in [1.82, 2.24) is 20.3 Å². The van der Waals surface area contributed by atoms with Gasteiger partial charge in [0.05, 0.1) is 17.9 Å². The van der Waals surface area contributed by atoms with E-state index in [2.05, 4.69) is 64.1 Å². The van der Waals surface area contributed by atoms with Crippen molar-refractivity contribution >= 4 is 22.8 Å². The first kappa shape index (κ1) is 19.3. The molecule has 0 aliphatic carbocycles. The summed E-state index contributed by atoms with van der Waals surface area (Å²) in [5.41, 5.74) is 6.15. The van der Waals surface area contributed by atoms with Gasteiger partial charge >= 0.3 is 0 Å². The number of carbonyl (C=O) groups excluding carboxylic acids is 1. The van der Waals surface area contributed by atoms with E-state index in [1.54, 1.807) is 12.4 Å². The predicted molar refractivity (Wildman–Crippen MR) is 115 cm³/mol. The number of benzene rings is 1. The van der Waals surface area contributed by atoms with Gasteiger partial charge in [-0.15, -0.1) is 0 Å². The second-order valence-corrected chi connectivity index (χ2v) is 7.94. The summed E-state index contributed by atoms with van der Waals surface area (Å²) < 4.78 is 0. The van der Waals surface area contributed by atoms with Crippen molar-refractivity contribution in [3.05, 3.63) is 59.5 Å². The number of nitrogens with zero attached hydrogens (tertiary/aromatic N) is 4. The van der Waals surface area contributed by atoms with Crippen LogP contribution in [0.25, 0.3) is 11.2 Å². The fourth-order valence-corrected chi connectivity index (χ4v) is 4.14. The highest BCUT2D eigenvalue weighted by Crippen LogP contribution is 2.26. The van der Waals surface area contributed by atoms with E-state index in [0.29, 0.717) is 5.65 Å². The normalized spacial score (nSPS) is 16.0. The van der Waals surface area contributed by atoms with Crippen LogP contribution >= 0.6 is 0 Å². The Morgan fingerprint density at radius 1 is 1.10 bits per heavy atom. The molecule has 0 unspecified atom stereocenters. The lowest BCUT2D eigenvalue weighted by Gasteiger charge is -2.33. The summed E-state index contributed by atoms with van der Waals surface area (Å²) in [6.07, 6.45) is 6.85. The van der Waals surface area contributed by atoms with E-state index >= 15 is 0 Å². The maximum Gasteiger partial charge on any atom is 0.223 e. The summed E-state index contributed by atoms with van der Waals surface area (Å²) in [5.74, 6) is 0.201. The first-order valence-corrected chi connectivity index (χ1v) is 10.2. The van der Waals surface area contributed by atoms with E-state index in [1.807, 2.05) is 12.3 Å². The number of amides is 1. The fraction of sp³-hybridized carbons (Fsp3) is 0.391. The predicted octanol–water partition coefficient (Wildman–Crippen LogP) is 3.74. The number of anilines is 1. The zero-order valence-corrected chi connectivity index (χ0v) is 17.2. The highest BCUT2D eigenvalue weighted by Gasteiger charge is 2.26. The molecule has 0 spiro atoms. The Morgan fingerprint density at radius 3 is 2.62 bits per heavy atom. The maximum absolute atomic E-state index is 12.8. The molecule has 6 heteroatoms. The highest BCUT2D eigenvalue weighted by atomic mass is 16.1. The molecular formula is C23H27N5O. The molecule has 1 atom stereocenters. The van der Waals surface area contributed by atoms with Crippen LogP contribution < -0.4 is 10.2 Å². The second kappa shape index (κ2) is 8.15. The Kier molecular flexibility index (Phi) is 5.43. The van der Waals surface area contributed by atoms with Gasteiger partial charge in [-0.1, -0.05) is 23.8 Å². The minimum atomic E-state index is 0.0180. The number of aromatic nitrogens is 3. The molecule has 1 N–H and O–H groups in total. The molecule has 1 fully saturated rings. The number of rotatable bonds is 4. The van der Waals surface area contributed by atoms with Crippen LogP contribution in [0.1, 0.15) is 42.5 Å². The molecule has 1 amide bonds. The smallest absolute Gasteiger partial charge is 0.223 e. The molecule has 150 valence electrons. The number of carbonyl (C=O) groups is 1. The van der Waals surface area contributed by atoms with Crippen LogP contribution in [0.4, 0.5) is 5.69 Å². The summed E-state index contributed by atoms with van der Waals surface area (Å²) in [6.45, 7) is 7.93. The topological polar surface area (TPSA) is 71.0 Å². The molecule has 3 aromatic rings. The Labute approximate surface area is 171 Å².